The Kier molecular flexibility index (Phi) is 10.5. The number of fused-ring (bicyclic) bond motifs is 1. The molecule has 0 aliphatic carbocycles. The minimum atomic E-state index is -0.332. The number of carbonyl (C=O) groups is 2. The predicted octanol–water partition coefficient (Wildman–Crippen LogP) is 4.36. The van der Waals surface area contributed by atoms with Crippen LogP contribution in [-0.2, 0) is 20.7 Å². The Morgan fingerprint density at radius 2 is 1.84 bits per heavy atom. The molecule has 2 heterocycles. The highest BCUT2D eigenvalue weighted by molar-refractivity contribution is 6.43. The van der Waals surface area contributed by atoms with E-state index in [-0.39, 0.29) is 25.0 Å². The van der Waals surface area contributed by atoms with Crippen molar-refractivity contribution in [1.29, 1.82) is 0 Å². The average Bonchev–Trinajstić information content (AvgIpc) is 2.93. The first-order valence-electron chi connectivity index (χ1n) is 13.2. The van der Waals surface area contributed by atoms with Gasteiger partial charge in [-0.25, -0.2) is 0 Å². The third kappa shape index (κ3) is 7.53. The molecule has 1 amide bonds. The number of nitrogens with one attached hydrogen (secondary N) is 1. The van der Waals surface area contributed by atoms with Crippen molar-refractivity contribution in [3.63, 3.8) is 0 Å². The van der Waals surface area contributed by atoms with Crippen molar-refractivity contribution in [3.8, 4) is 5.75 Å². The summed E-state index contributed by atoms with van der Waals surface area (Å²) >= 11 is 12.6. The zero-order chi connectivity index (χ0) is 26.9. The number of anilines is 2. The van der Waals surface area contributed by atoms with Gasteiger partial charge in [0, 0.05) is 45.2 Å². The number of piperazine rings is 1. The zero-order valence-corrected chi connectivity index (χ0v) is 23.4. The molecule has 2 aromatic carbocycles. The van der Waals surface area contributed by atoms with E-state index in [0.29, 0.717) is 36.0 Å². The Labute approximate surface area is 234 Å². The molecule has 206 valence electrons. The molecular weight excluding hydrogens is 527 g/mol. The molecule has 2 aliphatic heterocycles. The average molecular weight is 564 g/mol. The summed E-state index contributed by atoms with van der Waals surface area (Å²) in [5.74, 6) is 0.340. The summed E-state index contributed by atoms with van der Waals surface area (Å²) in [6.45, 7) is 5.90. The molecule has 0 spiro atoms. The highest BCUT2D eigenvalue weighted by atomic mass is 35.5. The van der Waals surface area contributed by atoms with Gasteiger partial charge in [-0.05, 0) is 56.6 Å². The second-order valence-corrected chi connectivity index (χ2v) is 10.4. The molecule has 1 fully saturated rings. The first kappa shape index (κ1) is 28.5. The van der Waals surface area contributed by atoms with Gasteiger partial charge in [-0.15, -0.1) is 0 Å². The fourth-order valence-electron chi connectivity index (χ4n) is 4.76. The lowest BCUT2D eigenvalue weighted by atomic mass is 10.0. The van der Waals surface area contributed by atoms with Gasteiger partial charge < -0.3 is 19.7 Å². The van der Waals surface area contributed by atoms with Crippen LogP contribution in [0.1, 0.15) is 31.2 Å². The van der Waals surface area contributed by atoms with Gasteiger partial charge in [0.25, 0.3) is 0 Å². The minimum Gasteiger partial charge on any atom is -0.494 e. The van der Waals surface area contributed by atoms with E-state index in [1.807, 2.05) is 36.4 Å². The Balaban J connectivity index is 1.19. The Bertz CT molecular complexity index is 1110. The lowest BCUT2D eigenvalue weighted by Gasteiger charge is -2.36. The van der Waals surface area contributed by atoms with Crippen LogP contribution in [0.4, 0.5) is 11.4 Å². The first-order valence-corrected chi connectivity index (χ1v) is 14.0. The first-order chi connectivity index (χ1) is 18.5. The van der Waals surface area contributed by atoms with E-state index < -0.39 is 0 Å². The highest BCUT2D eigenvalue weighted by Crippen LogP contribution is 2.33. The summed E-state index contributed by atoms with van der Waals surface area (Å²) in [5, 5.41) is 4.13. The lowest BCUT2D eigenvalue weighted by molar-refractivity contribution is -0.144. The Hall–Kier alpha value is -2.52. The number of benzene rings is 2. The van der Waals surface area contributed by atoms with Gasteiger partial charge >= 0.3 is 5.97 Å². The molecule has 2 aromatic rings. The van der Waals surface area contributed by atoms with E-state index in [0.717, 1.165) is 68.3 Å². The van der Waals surface area contributed by atoms with Crippen LogP contribution in [0.3, 0.4) is 0 Å². The van der Waals surface area contributed by atoms with Gasteiger partial charge in [0.15, 0.2) is 6.73 Å². The standard InChI is InChI=1S/C28H36Cl2N4O4/c1-31-12-11-27(36)38-20-34-25-19-22(9-7-21(25)8-10-26(34)35)37-18-3-2-13-32-14-16-33(17-15-32)24-6-4-5-23(29)28(24)30/h4-7,9,19,31H,2-3,8,10-18,20H2,1H3. The summed E-state index contributed by atoms with van der Waals surface area (Å²) in [4.78, 5) is 30.8. The van der Waals surface area contributed by atoms with Crippen LogP contribution >= 0.6 is 23.2 Å². The number of unbranched alkanes of at least 4 members (excludes halogenated alkanes) is 1. The summed E-state index contributed by atoms with van der Waals surface area (Å²) in [7, 11) is 1.78. The van der Waals surface area contributed by atoms with E-state index in [4.69, 9.17) is 32.7 Å². The van der Waals surface area contributed by atoms with E-state index in [2.05, 4.69) is 15.1 Å². The molecule has 1 saturated heterocycles. The maximum absolute atomic E-state index is 12.5. The number of hydrogen-bond donors (Lipinski definition) is 1. The number of rotatable bonds is 12. The van der Waals surface area contributed by atoms with Gasteiger partial charge in [0.1, 0.15) is 5.75 Å². The summed E-state index contributed by atoms with van der Waals surface area (Å²) in [6.07, 6.45) is 3.32. The number of halogens is 2. The van der Waals surface area contributed by atoms with Crippen molar-refractivity contribution in [3.05, 3.63) is 52.0 Å². The molecule has 0 saturated carbocycles. The number of esters is 1. The monoisotopic (exact) mass is 562 g/mol. The molecule has 0 unspecified atom stereocenters. The third-order valence-electron chi connectivity index (χ3n) is 6.97. The van der Waals surface area contributed by atoms with Crippen molar-refractivity contribution in [1.82, 2.24) is 10.2 Å². The normalized spacial score (nSPS) is 15.9. The number of amides is 1. The predicted molar refractivity (Wildman–Crippen MR) is 152 cm³/mol. The minimum absolute atomic E-state index is 0.0474. The van der Waals surface area contributed by atoms with Crippen molar-refractivity contribution >= 4 is 46.5 Å². The van der Waals surface area contributed by atoms with Crippen molar-refractivity contribution in [2.75, 3.05) is 69.5 Å². The summed E-state index contributed by atoms with van der Waals surface area (Å²) in [5.41, 5.74) is 2.82. The van der Waals surface area contributed by atoms with Crippen LogP contribution in [0, 0.1) is 0 Å². The van der Waals surface area contributed by atoms with Crippen LogP contribution < -0.4 is 19.9 Å². The quantitative estimate of drug-likeness (QED) is 0.304. The van der Waals surface area contributed by atoms with Crippen LogP contribution in [0.2, 0.25) is 10.0 Å². The molecule has 10 heteroatoms. The Morgan fingerprint density at radius 1 is 1.03 bits per heavy atom. The lowest BCUT2D eigenvalue weighted by Crippen LogP contribution is -2.46. The molecule has 1 N–H and O–H groups in total. The molecule has 0 radical (unpaired) electrons. The second-order valence-electron chi connectivity index (χ2n) is 9.57. The highest BCUT2D eigenvalue weighted by Gasteiger charge is 2.26. The van der Waals surface area contributed by atoms with Gasteiger partial charge in [0.05, 0.1) is 34.4 Å². The largest absolute Gasteiger partial charge is 0.494 e. The van der Waals surface area contributed by atoms with Crippen molar-refractivity contribution in [2.45, 2.75) is 32.1 Å². The van der Waals surface area contributed by atoms with Gasteiger partial charge in [-0.2, -0.15) is 0 Å². The zero-order valence-electron chi connectivity index (χ0n) is 21.9. The fraction of sp³-hybridized carbons (Fsp3) is 0.500. The topological polar surface area (TPSA) is 74.3 Å². The van der Waals surface area contributed by atoms with Crippen LogP contribution in [0.15, 0.2) is 36.4 Å². The van der Waals surface area contributed by atoms with Crippen LogP contribution in [0.5, 0.6) is 5.75 Å². The SMILES string of the molecule is CNCCC(=O)OCN1C(=O)CCc2ccc(OCCCCN3CCN(c4cccc(Cl)c4Cl)CC3)cc21. The van der Waals surface area contributed by atoms with Crippen molar-refractivity contribution in [2.24, 2.45) is 0 Å². The molecular formula is C28H36Cl2N4O4. The smallest absolute Gasteiger partial charge is 0.308 e. The van der Waals surface area contributed by atoms with E-state index in [1.165, 1.54) is 0 Å². The van der Waals surface area contributed by atoms with Crippen LogP contribution in [-0.4, -0.2) is 76.4 Å². The maximum atomic E-state index is 12.5. The van der Waals surface area contributed by atoms with E-state index in [1.54, 1.807) is 11.9 Å². The number of ether oxygens (including phenoxy) is 2. The molecule has 8 nitrogen and oxygen atoms in total. The number of aryl methyl sites for hydroxylation is 1. The maximum Gasteiger partial charge on any atom is 0.308 e. The summed E-state index contributed by atoms with van der Waals surface area (Å²) in [6, 6.07) is 11.6. The molecule has 4 rings (SSSR count). The second kappa shape index (κ2) is 14.0. The molecule has 2 aliphatic rings. The third-order valence-corrected chi connectivity index (χ3v) is 7.78. The molecule has 38 heavy (non-hydrogen) atoms. The van der Waals surface area contributed by atoms with E-state index >= 15 is 0 Å². The Morgan fingerprint density at radius 3 is 2.63 bits per heavy atom. The number of carbonyl (C=O) groups excluding carboxylic acids is 2. The number of nitrogens with zero attached hydrogens (tertiary/aromatic N) is 3. The summed E-state index contributed by atoms with van der Waals surface area (Å²) < 4.78 is 11.3. The van der Waals surface area contributed by atoms with Crippen molar-refractivity contribution < 1.29 is 19.1 Å². The number of hydrogen-bond acceptors (Lipinski definition) is 7. The molecule has 0 atom stereocenters. The fourth-order valence-corrected chi connectivity index (χ4v) is 5.18. The molecule has 0 aromatic heterocycles. The van der Waals surface area contributed by atoms with Gasteiger partial charge in [-0.1, -0.05) is 35.3 Å². The van der Waals surface area contributed by atoms with Gasteiger partial charge in [0.2, 0.25) is 5.91 Å². The molecule has 0 bridgehead atoms. The van der Waals surface area contributed by atoms with Crippen LogP contribution in [0.25, 0.3) is 0 Å². The van der Waals surface area contributed by atoms with Gasteiger partial charge in [-0.3, -0.25) is 19.4 Å². The van der Waals surface area contributed by atoms with E-state index in [9.17, 15) is 9.59 Å².